The highest BCUT2D eigenvalue weighted by atomic mass is 19.1. The lowest BCUT2D eigenvalue weighted by Gasteiger charge is -2.26. The van der Waals surface area contributed by atoms with E-state index in [0.717, 1.165) is 25.7 Å². The molecule has 0 fully saturated rings. The Balaban J connectivity index is 4.31. The minimum absolute atomic E-state index is 0.177. The summed E-state index contributed by atoms with van der Waals surface area (Å²) >= 11 is 0. The Bertz CT molecular complexity index is 215. The molecule has 1 atom stereocenters. The summed E-state index contributed by atoms with van der Waals surface area (Å²) in [4.78, 5) is 0. The first-order valence-electron chi connectivity index (χ1n) is 5.94. The van der Waals surface area contributed by atoms with Gasteiger partial charge in [-0.1, -0.05) is 59.3 Å². The molecule has 0 aromatic carbocycles. The van der Waals surface area contributed by atoms with Gasteiger partial charge in [0.25, 0.3) is 0 Å². The van der Waals surface area contributed by atoms with Crippen LogP contribution in [0.2, 0.25) is 0 Å². The molecule has 0 saturated carbocycles. The van der Waals surface area contributed by atoms with Crippen LogP contribution in [0.15, 0.2) is 24.6 Å². The van der Waals surface area contributed by atoms with E-state index in [1.54, 1.807) is 0 Å². The van der Waals surface area contributed by atoms with Gasteiger partial charge in [-0.25, -0.2) is 4.39 Å². The Hall–Kier alpha value is -0.590. The van der Waals surface area contributed by atoms with Gasteiger partial charge in [-0.3, -0.25) is 0 Å². The smallest absolute Gasteiger partial charge is 0.0989 e. The van der Waals surface area contributed by atoms with E-state index in [1.165, 1.54) is 0 Å². The Morgan fingerprint density at radius 1 is 1.47 bits per heavy atom. The van der Waals surface area contributed by atoms with Crippen molar-refractivity contribution >= 4 is 0 Å². The molecular weight excluding hydrogens is 187 g/mol. The minimum Gasteiger partial charge on any atom is -0.212 e. The summed E-state index contributed by atoms with van der Waals surface area (Å²) in [6, 6.07) is 0. The molecule has 88 valence electrons. The minimum atomic E-state index is -0.360. The van der Waals surface area contributed by atoms with E-state index in [-0.39, 0.29) is 11.2 Å². The van der Waals surface area contributed by atoms with Gasteiger partial charge in [-0.05, 0) is 18.8 Å². The third-order valence-electron chi connectivity index (χ3n) is 2.83. The number of unbranched alkanes of at least 4 members (excludes halogenated alkanes) is 1. The van der Waals surface area contributed by atoms with Gasteiger partial charge in [0.05, 0.1) is 5.83 Å². The maximum atomic E-state index is 13.4. The number of allylic oxidation sites excluding steroid dienone is 3. The van der Waals surface area contributed by atoms with Crippen molar-refractivity contribution < 1.29 is 4.39 Å². The molecule has 0 aromatic heterocycles. The number of halogens is 1. The van der Waals surface area contributed by atoms with E-state index in [2.05, 4.69) is 39.5 Å². The lowest BCUT2D eigenvalue weighted by molar-refractivity contribution is 0.289. The molecular formula is C14H25F. The van der Waals surface area contributed by atoms with E-state index in [9.17, 15) is 4.39 Å². The van der Waals surface area contributed by atoms with E-state index in [4.69, 9.17) is 0 Å². The van der Waals surface area contributed by atoms with Gasteiger partial charge in [0.1, 0.15) is 0 Å². The molecule has 0 aliphatic heterocycles. The van der Waals surface area contributed by atoms with E-state index in [1.807, 2.05) is 6.92 Å². The summed E-state index contributed by atoms with van der Waals surface area (Å²) < 4.78 is 13.4. The fraction of sp³-hybridized carbons (Fsp3) is 0.714. The van der Waals surface area contributed by atoms with Crippen LogP contribution < -0.4 is 0 Å². The Labute approximate surface area is 94.3 Å². The van der Waals surface area contributed by atoms with Crippen molar-refractivity contribution in [3.05, 3.63) is 24.6 Å². The quantitative estimate of drug-likeness (QED) is 0.504. The van der Waals surface area contributed by atoms with Crippen LogP contribution >= 0.6 is 0 Å². The zero-order valence-electron chi connectivity index (χ0n) is 10.6. The van der Waals surface area contributed by atoms with Crippen molar-refractivity contribution in [3.63, 3.8) is 0 Å². The molecule has 0 saturated heterocycles. The Morgan fingerprint density at radius 3 is 2.47 bits per heavy atom. The topological polar surface area (TPSA) is 0 Å². The molecule has 0 aliphatic rings. The fourth-order valence-corrected chi connectivity index (χ4v) is 1.52. The van der Waals surface area contributed by atoms with Gasteiger partial charge >= 0.3 is 0 Å². The molecule has 0 N–H and O–H groups in total. The van der Waals surface area contributed by atoms with Crippen LogP contribution in [0.5, 0.6) is 0 Å². The molecule has 1 heteroatoms. The summed E-state index contributed by atoms with van der Waals surface area (Å²) in [6.07, 6.45) is 8.05. The summed E-state index contributed by atoms with van der Waals surface area (Å²) in [5.74, 6) is 0.359. The average Bonchev–Trinajstić information content (AvgIpc) is 2.14. The van der Waals surface area contributed by atoms with Gasteiger partial charge in [0.2, 0.25) is 0 Å². The van der Waals surface area contributed by atoms with Crippen LogP contribution in [0.25, 0.3) is 0 Å². The van der Waals surface area contributed by atoms with E-state index in [0.29, 0.717) is 5.92 Å². The van der Waals surface area contributed by atoms with Crippen LogP contribution in [0.1, 0.15) is 53.4 Å². The molecule has 0 rings (SSSR count). The first-order chi connectivity index (χ1) is 6.92. The molecule has 0 amide bonds. The third kappa shape index (κ3) is 5.76. The van der Waals surface area contributed by atoms with Crippen LogP contribution in [0.3, 0.4) is 0 Å². The molecule has 0 aliphatic carbocycles. The monoisotopic (exact) mass is 212 g/mol. The second kappa shape index (κ2) is 6.81. The molecule has 15 heavy (non-hydrogen) atoms. The summed E-state index contributed by atoms with van der Waals surface area (Å²) in [7, 11) is 0. The highest BCUT2D eigenvalue weighted by Gasteiger charge is 2.26. The van der Waals surface area contributed by atoms with Crippen LogP contribution in [-0.2, 0) is 0 Å². The van der Waals surface area contributed by atoms with Crippen molar-refractivity contribution in [1.29, 1.82) is 0 Å². The average molecular weight is 212 g/mol. The lowest BCUT2D eigenvalue weighted by atomic mass is 9.80. The molecule has 0 radical (unpaired) electrons. The summed E-state index contributed by atoms with van der Waals surface area (Å²) in [5, 5.41) is 0. The van der Waals surface area contributed by atoms with Crippen molar-refractivity contribution in [2.45, 2.75) is 53.4 Å². The van der Waals surface area contributed by atoms with Crippen molar-refractivity contribution in [1.82, 2.24) is 0 Å². The summed E-state index contributed by atoms with van der Waals surface area (Å²) in [6.45, 7) is 11.8. The lowest BCUT2D eigenvalue weighted by Crippen LogP contribution is -2.15. The predicted molar refractivity (Wildman–Crippen MR) is 66.5 cm³/mol. The first-order valence-corrected chi connectivity index (χ1v) is 5.94. The van der Waals surface area contributed by atoms with Crippen molar-refractivity contribution in [2.24, 2.45) is 11.3 Å². The molecule has 0 bridgehead atoms. The highest BCUT2D eigenvalue weighted by molar-refractivity contribution is 5.04. The maximum absolute atomic E-state index is 13.4. The first kappa shape index (κ1) is 14.4. The Morgan fingerprint density at radius 2 is 2.07 bits per heavy atom. The number of rotatable bonds is 7. The van der Waals surface area contributed by atoms with Crippen LogP contribution in [0.4, 0.5) is 4.39 Å². The van der Waals surface area contributed by atoms with Gasteiger partial charge in [-0.2, -0.15) is 0 Å². The van der Waals surface area contributed by atoms with Gasteiger partial charge in [-0.15, -0.1) is 0 Å². The van der Waals surface area contributed by atoms with Crippen LogP contribution in [-0.4, -0.2) is 0 Å². The molecule has 0 aromatic rings. The molecule has 1 unspecified atom stereocenters. The van der Waals surface area contributed by atoms with Crippen LogP contribution in [0, 0.1) is 11.3 Å². The van der Waals surface area contributed by atoms with E-state index < -0.39 is 0 Å². The zero-order valence-corrected chi connectivity index (χ0v) is 10.6. The predicted octanol–water partition coefficient (Wildman–Crippen LogP) is 5.27. The van der Waals surface area contributed by atoms with Gasteiger partial charge in [0.15, 0.2) is 0 Å². The van der Waals surface area contributed by atoms with Crippen molar-refractivity contribution in [2.75, 3.05) is 0 Å². The SMILES string of the molecule is C=C(F)C(C)(C/C=C\C(C)C)CCCC. The second-order valence-corrected chi connectivity index (χ2v) is 4.95. The normalized spacial score (nSPS) is 15.9. The highest BCUT2D eigenvalue weighted by Crippen LogP contribution is 2.36. The second-order valence-electron chi connectivity index (χ2n) is 4.95. The van der Waals surface area contributed by atoms with Gasteiger partial charge in [0, 0.05) is 5.41 Å². The van der Waals surface area contributed by atoms with E-state index >= 15 is 0 Å². The third-order valence-corrected chi connectivity index (χ3v) is 2.83. The van der Waals surface area contributed by atoms with Crippen molar-refractivity contribution in [3.8, 4) is 0 Å². The molecule has 0 nitrogen and oxygen atoms in total. The Kier molecular flexibility index (Phi) is 6.55. The number of hydrogen-bond donors (Lipinski definition) is 0. The molecule has 0 heterocycles. The fourth-order valence-electron chi connectivity index (χ4n) is 1.52. The maximum Gasteiger partial charge on any atom is 0.0989 e. The number of hydrogen-bond acceptors (Lipinski definition) is 0. The largest absolute Gasteiger partial charge is 0.212 e. The zero-order chi connectivity index (χ0) is 11.9. The standard InChI is InChI=1S/C14H25F/c1-6-7-10-14(5,13(4)15)11-8-9-12(2)3/h8-9,12H,4,6-7,10-11H2,1-3,5H3/b9-8-. The van der Waals surface area contributed by atoms with Gasteiger partial charge < -0.3 is 0 Å². The summed E-state index contributed by atoms with van der Waals surface area (Å²) in [5.41, 5.74) is -0.360. The molecule has 0 spiro atoms.